The van der Waals surface area contributed by atoms with Crippen LogP contribution in [0.4, 0.5) is 0 Å². The number of hydrogen-bond acceptors (Lipinski definition) is 6. The Morgan fingerprint density at radius 1 is 1.08 bits per heavy atom. The van der Waals surface area contributed by atoms with Gasteiger partial charge in [0.1, 0.15) is 5.76 Å². The highest BCUT2D eigenvalue weighted by Gasteiger charge is 2.20. The Morgan fingerprint density at radius 3 is 2.58 bits per heavy atom. The van der Waals surface area contributed by atoms with Crippen molar-refractivity contribution in [1.82, 2.24) is 24.7 Å². The lowest BCUT2D eigenvalue weighted by molar-refractivity contribution is 0.122. The minimum atomic E-state index is 0.0442. The van der Waals surface area contributed by atoms with E-state index in [1.54, 1.807) is 10.7 Å². The van der Waals surface area contributed by atoms with Crippen molar-refractivity contribution in [3.8, 4) is 0 Å². The topological polar surface area (TPSA) is 67.4 Å². The molecule has 1 aliphatic heterocycles. The van der Waals surface area contributed by atoms with E-state index < -0.39 is 0 Å². The fourth-order valence-corrected chi connectivity index (χ4v) is 3.96. The maximum Gasteiger partial charge on any atom is 0.267 e. The molecule has 0 atom stereocenters. The lowest BCUT2D eigenvalue weighted by Gasteiger charge is -2.34. The smallest absolute Gasteiger partial charge is 0.267 e. The molecule has 2 aliphatic rings. The summed E-state index contributed by atoms with van der Waals surface area (Å²) in [5.41, 5.74) is 4.52. The molecule has 0 unspecified atom stereocenters. The summed E-state index contributed by atoms with van der Waals surface area (Å²) in [6.07, 6.45) is 3.14. The van der Waals surface area contributed by atoms with Crippen molar-refractivity contribution < 1.29 is 4.52 Å². The van der Waals surface area contributed by atoms with Gasteiger partial charge in [-0.15, -0.1) is 0 Å². The molecule has 140 valence electrons. The van der Waals surface area contributed by atoms with Gasteiger partial charge in [0, 0.05) is 50.9 Å². The van der Waals surface area contributed by atoms with Crippen LogP contribution in [0.2, 0.25) is 0 Å². The third kappa shape index (κ3) is 3.59. The lowest BCUT2D eigenvalue weighted by atomic mass is 10.2. The van der Waals surface area contributed by atoms with E-state index in [0.717, 1.165) is 81.2 Å². The molecule has 0 saturated carbocycles. The molecule has 1 saturated heterocycles. The molecule has 7 heteroatoms. The van der Waals surface area contributed by atoms with Crippen LogP contribution in [-0.4, -0.2) is 57.5 Å². The number of aromatic nitrogens is 3. The molecular formula is C19H27N5O2. The van der Waals surface area contributed by atoms with Gasteiger partial charge in [-0.3, -0.25) is 14.6 Å². The average Bonchev–Trinajstić information content (AvgIpc) is 3.21. The lowest BCUT2D eigenvalue weighted by Crippen LogP contribution is -2.47. The summed E-state index contributed by atoms with van der Waals surface area (Å²) >= 11 is 0. The van der Waals surface area contributed by atoms with Crippen LogP contribution in [0.5, 0.6) is 0 Å². The van der Waals surface area contributed by atoms with Crippen molar-refractivity contribution in [2.75, 3.05) is 32.7 Å². The SMILES string of the molecule is Cc1noc(C)c1CN1CCN(CCn2nc3c(cc2=O)CCC3)CC1. The minimum Gasteiger partial charge on any atom is -0.361 e. The highest BCUT2D eigenvalue weighted by Crippen LogP contribution is 2.17. The fourth-order valence-electron chi connectivity index (χ4n) is 3.96. The summed E-state index contributed by atoms with van der Waals surface area (Å²) in [5.74, 6) is 0.923. The minimum absolute atomic E-state index is 0.0442. The molecule has 1 aliphatic carbocycles. The number of fused-ring (bicyclic) bond motifs is 1. The van der Waals surface area contributed by atoms with Crippen molar-refractivity contribution in [3.05, 3.63) is 44.7 Å². The van der Waals surface area contributed by atoms with Crippen LogP contribution in [0.15, 0.2) is 15.4 Å². The Kier molecular flexibility index (Phi) is 4.91. The van der Waals surface area contributed by atoms with Gasteiger partial charge in [0.05, 0.1) is 17.9 Å². The molecular weight excluding hydrogens is 330 g/mol. The zero-order chi connectivity index (χ0) is 18.1. The molecule has 2 aromatic heterocycles. The predicted molar refractivity (Wildman–Crippen MR) is 98.2 cm³/mol. The van der Waals surface area contributed by atoms with Gasteiger partial charge in [0.25, 0.3) is 5.56 Å². The van der Waals surface area contributed by atoms with Crippen molar-refractivity contribution in [2.24, 2.45) is 0 Å². The second-order valence-corrected chi connectivity index (χ2v) is 7.45. The molecule has 0 aromatic carbocycles. The summed E-state index contributed by atoms with van der Waals surface area (Å²) in [6.45, 7) is 10.5. The van der Waals surface area contributed by atoms with Gasteiger partial charge in [-0.25, -0.2) is 4.68 Å². The monoisotopic (exact) mass is 357 g/mol. The molecule has 0 N–H and O–H groups in total. The Labute approximate surface area is 153 Å². The third-order valence-electron chi connectivity index (χ3n) is 5.68. The van der Waals surface area contributed by atoms with Crippen LogP contribution in [0.25, 0.3) is 0 Å². The zero-order valence-electron chi connectivity index (χ0n) is 15.7. The second kappa shape index (κ2) is 7.32. The van der Waals surface area contributed by atoms with E-state index in [1.165, 1.54) is 5.56 Å². The molecule has 4 rings (SSSR count). The largest absolute Gasteiger partial charge is 0.361 e. The van der Waals surface area contributed by atoms with Gasteiger partial charge in [0.15, 0.2) is 0 Å². The first kappa shape index (κ1) is 17.4. The first-order valence-electron chi connectivity index (χ1n) is 9.56. The second-order valence-electron chi connectivity index (χ2n) is 7.45. The molecule has 1 fully saturated rings. The molecule has 3 heterocycles. The Bertz CT molecular complexity index is 813. The third-order valence-corrected chi connectivity index (χ3v) is 5.68. The number of hydrogen-bond donors (Lipinski definition) is 0. The normalized spacial score (nSPS) is 18.4. The van der Waals surface area contributed by atoms with Gasteiger partial charge >= 0.3 is 0 Å². The molecule has 0 bridgehead atoms. The number of rotatable bonds is 5. The molecule has 7 nitrogen and oxygen atoms in total. The molecule has 0 radical (unpaired) electrons. The van der Waals surface area contributed by atoms with Gasteiger partial charge in [-0.2, -0.15) is 5.10 Å². The van der Waals surface area contributed by atoms with Crippen LogP contribution in [0.3, 0.4) is 0 Å². The zero-order valence-corrected chi connectivity index (χ0v) is 15.7. The van der Waals surface area contributed by atoms with E-state index in [1.807, 2.05) is 13.8 Å². The van der Waals surface area contributed by atoms with Crippen LogP contribution in [-0.2, 0) is 25.9 Å². The Balaban J connectivity index is 1.29. The van der Waals surface area contributed by atoms with E-state index in [2.05, 4.69) is 20.1 Å². The van der Waals surface area contributed by atoms with Gasteiger partial charge in [-0.1, -0.05) is 5.16 Å². The van der Waals surface area contributed by atoms with Crippen LogP contribution in [0, 0.1) is 13.8 Å². The predicted octanol–water partition coefficient (Wildman–Crippen LogP) is 1.15. The first-order chi connectivity index (χ1) is 12.6. The quantitative estimate of drug-likeness (QED) is 0.800. The highest BCUT2D eigenvalue weighted by atomic mass is 16.5. The number of nitrogens with zero attached hydrogens (tertiary/aromatic N) is 5. The van der Waals surface area contributed by atoms with Crippen molar-refractivity contribution in [1.29, 1.82) is 0 Å². The van der Waals surface area contributed by atoms with Crippen molar-refractivity contribution in [2.45, 2.75) is 46.2 Å². The first-order valence-corrected chi connectivity index (χ1v) is 9.56. The van der Waals surface area contributed by atoms with E-state index in [0.29, 0.717) is 6.54 Å². The summed E-state index contributed by atoms with van der Waals surface area (Å²) in [5, 5.41) is 8.61. The summed E-state index contributed by atoms with van der Waals surface area (Å²) in [6, 6.07) is 1.79. The van der Waals surface area contributed by atoms with E-state index >= 15 is 0 Å². The van der Waals surface area contributed by atoms with Crippen molar-refractivity contribution in [3.63, 3.8) is 0 Å². The van der Waals surface area contributed by atoms with Crippen LogP contribution < -0.4 is 5.56 Å². The highest BCUT2D eigenvalue weighted by molar-refractivity contribution is 5.22. The molecule has 26 heavy (non-hydrogen) atoms. The Hall–Kier alpha value is -1.99. The molecule has 0 amide bonds. The van der Waals surface area contributed by atoms with E-state index in [4.69, 9.17) is 4.52 Å². The maximum absolute atomic E-state index is 12.2. The molecule has 0 spiro atoms. The number of aryl methyl sites for hydroxylation is 4. The summed E-state index contributed by atoms with van der Waals surface area (Å²) in [7, 11) is 0. The maximum atomic E-state index is 12.2. The van der Waals surface area contributed by atoms with E-state index in [9.17, 15) is 4.79 Å². The van der Waals surface area contributed by atoms with Crippen LogP contribution in [0.1, 0.15) is 34.7 Å². The van der Waals surface area contributed by atoms with Gasteiger partial charge in [-0.05, 0) is 38.7 Å². The standard InChI is InChI=1S/C19H27N5O2/c1-14-17(15(2)26-21-14)13-23-8-6-22(7-9-23)10-11-24-19(25)12-16-4-3-5-18(16)20-24/h12H,3-11,13H2,1-2H3. The molecule has 2 aromatic rings. The average molecular weight is 357 g/mol. The van der Waals surface area contributed by atoms with Gasteiger partial charge < -0.3 is 4.52 Å². The summed E-state index contributed by atoms with van der Waals surface area (Å²) in [4.78, 5) is 17.1. The summed E-state index contributed by atoms with van der Waals surface area (Å²) < 4.78 is 6.92. The Morgan fingerprint density at radius 2 is 1.85 bits per heavy atom. The van der Waals surface area contributed by atoms with E-state index in [-0.39, 0.29) is 5.56 Å². The van der Waals surface area contributed by atoms with Crippen LogP contribution >= 0.6 is 0 Å². The number of piperazine rings is 1. The van der Waals surface area contributed by atoms with Crippen molar-refractivity contribution >= 4 is 0 Å². The van der Waals surface area contributed by atoms with Gasteiger partial charge in [0.2, 0.25) is 0 Å². The fraction of sp³-hybridized carbons (Fsp3) is 0.632.